The maximum absolute atomic E-state index is 14.1. The Balaban J connectivity index is 0.00000363. The molecule has 5 nitrogen and oxygen atoms in total. The molecule has 1 aliphatic rings. The van der Waals surface area contributed by atoms with Crippen molar-refractivity contribution < 1.29 is 45.0 Å². The van der Waals surface area contributed by atoms with Crippen molar-refractivity contribution in [2.75, 3.05) is 6.61 Å². The lowest BCUT2D eigenvalue weighted by Crippen LogP contribution is -3.00. The summed E-state index contributed by atoms with van der Waals surface area (Å²) in [5, 5.41) is 11.4. The van der Waals surface area contributed by atoms with E-state index in [9.17, 15) is 18.7 Å². The molecule has 1 aromatic carbocycles. The van der Waals surface area contributed by atoms with Crippen molar-refractivity contribution in [3.63, 3.8) is 0 Å². The van der Waals surface area contributed by atoms with Crippen molar-refractivity contribution in [2.24, 2.45) is 5.92 Å². The van der Waals surface area contributed by atoms with Gasteiger partial charge in [-0.3, -0.25) is 0 Å². The number of esters is 1. The number of rotatable bonds is 9. The van der Waals surface area contributed by atoms with Gasteiger partial charge in [-0.05, 0) is 24.8 Å². The average Bonchev–Trinajstić information content (AvgIpc) is 3.10. The number of ether oxygens (including phenoxy) is 1. The molecule has 0 radical (unpaired) electrons. The maximum atomic E-state index is 14.1. The molecule has 1 fully saturated rings. The number of alkyl halides is 2. The normalized spacial score (nSPS) is 19.6. The van der Waals surface area contributed by atoms with Gasteiger partial charge in [-0.1, -0.05) is 43.7 Å². The van der Waals surface area contributed by atoms with Crippen molar-refractivity contribution in [3.8, 4) is 0 Å². The monoisotopic (exact) mass is 514 g/mol. The van der Waals surface area contributed by atoms with Crippen LogP contribution in [0.2, 0.25) is 0 Å². The molecule has 2 atom stereocenters. The molecule has 1 aromatic heterocycles. The van der Waals surface area contributed by atoms with Crippen LogP contribution in [0.15, 0.2) is 42.7 Å². The first-order valence-corrected chi connectivity index (χ1v) is 11.2. The van der Waals surface area contributed by atoms with Gasteiger partial charge in [0.25, 0.3) is 5.82 Å². The second-order valence-electron chi connectivity index (χ2n) is 8.50. The Hall–Kier alpha value is -1.80. The highest BCUT2D eigenvalue weighted by Gasteiger charge is 2.52. The van der Waals surface area contributed by atoms with Crippen molar-refractivity contribution >= 4 is 5.97 Å². The number of unbranched alkanes of at least 4 members (excludes halogenated alkanes) is 1. The predicted molar refractivity (Wildman–Crippen MR) is 112 cm³/mol. The standard InChI is InChI=1S/C24H33F2N2O3.BrH/c1-3-4-13-27-14-15-28(19(27)2)16-17-31-22(29)24(30,20-9-6-5-7-10-20)21-11-8-12-23(25,26)18-21;/h5-7,9-10,14-15,21,30H,3-4,8,11-13,16-18H2,1-2H3;1H/q+1;/p-1/t21-,24-;/m0./s1. The summed E-state index contributed by atoms with van der Waals surface area (Å²) in [5.74, 6) is -3.59. The quantitative estimate of drug-likeness (QED) is 0.403. The van der Waals surface area contributed by atoms with Crippen molar-refractivity contribution in [2.45, 2.75) is 77.0 Å². The third-order valence-electron chi connectivity index (χ3n) is 6.33. The van der Waals surface area contributed by atoms with Crippen molar-refractivity contribution in [3.05, 3.63) is 54.1 Å². The second-order valence-corrected chi connectivity index (χ2v) is 8.50. The van der Waals surface area contributed by atoms with Gasteiger partial charge in [0.15, 0.2) is 5.60 Å². The van der Waals surface area contributed by atoms with Crippen LogP contribution < -0.4 is 21.5 Å². The lowest BCUT2D eigenvalue weighted by molar-refractivity contribution is -0.702. The zero-order valence-electron chi connectivity index (χ0n) is 18.8. The van der Waals surface area contributed by atoms with E-state index in [1.807, 2.05) is 23.9 Å². The molecular weight excluding hydrogens is 482 g/mol. The molecule has 2 aromatic rings. The first-order valence-electron chi connectivity index (χ1n) is 11.2. The Bertz CT molecular complexity index is 875. The summed E-state index contributed by atoms with van der Waals surface area (Å²) in [6, 6.07) is 8.33. The number of aromatic nitrogens is 2. The fraction of sp³-hybridized carbons (Fsp3) is 0.583. The van der Waals surface area contributed by atoms with Crippen LogP contribution in [0.4, 0.5) is 8.78 Å². The van der Waals surface area contributed by atoms with Gasteiger partial charge in [0.05, 0.1) is 6.54 Å². The largest absolute Gasteiger partial charge is 1.00 e. The molecule has 0 saturated heterocycles. The molecule has 0 unspecified atom stereocenters. The van der Waals surface area contributed by atoms with E-state index >= 15 is 0 Å². The average molecular weight is 515 g/mol. The van der Waals surface area contributed by atoms with E-state index in [-0.39, 0.29) is 36.4 Å². The minimum absolute atomic E-state index is 0. The van der Waals surface area contributed by atoms with E-state index in [1.54, 1.807) is 30.3 Å². The lowest BCUT2D eigenvalue weighted by Gasteiger charge is -2.39. The first-order chi connectivity index (χ1) is 14.8. The molecule has 1 aliphatic carbocycles. The van der Waals surface area contributed by atoms with Crippen molar-refractivity contribution in [1.82, 2.24) is 4.57 Å². The van der Waals surface area contributed by atoms with Gasteiger partial charge < -0.3 is 26.8 Å². The molecule has 1 N–H and O–H groups in total. The SMILES string of the molecule is CCCC[n+]1ccn(CCOC(=O)[C@](O)(c2ccccc2)[C@H]2CCCC(F)(F)C2)c1C.[Br-]. The van der Waals surface area contributed by atoms with E-state index < -0.39 is 29.8 Å². The molecule has 32 heavy (non-hydrogen) atoms. The van der Waals surface area contributed by atoms with Gasteiger partial charge in [0.2, 0.25) is 5.92 Å². The van der Waals surface area contributed by atoms with Crippen LogP contribution in [-0.2, 0) is 28.2 Å². The zero-order valence-corrected chi connectivity index (χ0v) is 20.4. The highest BCUT2D eigenvalue weighted by molar-refractivity contribution is 5.81. The molecule has 0 spiro atoms. The Labute approximate surface area is 199 Å². The number of imidazole rings is 1. The fourth-order valence-electron chi connectivity index (χ4n) is 4.43. The van der Waals surface area contributed by atoms with Crippen LogP contribution in [0.3, 0.4) is 0 Å². The molecule has 1 saturated carbocycles. The number of benzene rings is 1. The maximum Gasteiger partial charge on any atom is 0.343 e. The third-order valence-corrected chi connectivity index (χ3v) is 6.33. The van der Waals surface area contributed by atoms with Crippen LogP contribution >= 0.6 is 0 Å². The van der Waals surface area contributed by atoms with Crippen LogP contribution in [0.1, 0.15) is 56.8 Å². The van der Waals surface area contributed by atoms with Crippen LogP contribution in [0, 0.1) is 12.8 Å². The summed E-state index contributed by atoms with van der Waals surface area (Å²) in [6.45, 7) is 5.56. The van der Waals surface area contributed by atoms with E-state index in [4.69, 9.17) is 4.74 Å². The Morgan fingerprint density at radius 2 is 2.06 bits per heavy atom. The van der Waals surface area contributed by atoms with E-state index in [0.29, 0.717) is 18.5 Å². The molecular formula is C24H33BrF2N2O3. The number of carbonyl (C=O) groups is 1. The number of hydrogen-bond acceptors (Lipinski definition) is 3. The Kier molecular flexibility index (Phi) is 9.40. The number of carbonyl (C=O) groups excluding carboxylic acids is 1. The minimum atomic E-state index is -2.89. The summed E-state index contributed by atoms with van der Waals surface area (Å²) in [7, 11) is 0. The molecule has 0 amide bonds. The van der Waals surface area contributed by atoms with Gasteiger partial charge >= 0.3 is 5.97 Å². The van der Waals surface area contributed by atoms with Gasteiger partial charge in [0, 0.05) is 25.7 Å². The molecule has 3 rings (SSSR count). The Morgan fingerprint density at radius 3 is 2.72 bits per heavy atom. The van der Waals surface area contributed by atoms with E-state index in [0.717, 1.165) is 25.2 Å². The first kappa shape index (κ1) is 26.5. The highest BCUT2D eigenvalue weighted by Crippen LogP contribution is 2.45. The minimum Gasteiger partial charge on any atom is -1.00 e. The van der Waals surface area contributed by atoms with E-state index in [2.05, 4.69) is 11.5 Å². The third kappa shape index (κ3) is 5.95. The molecule has 0 bridgehead atoms. The molecule has 178 valence electrons. The molecule has 1 heterocycles. The number of aryl methyl sites for hydroxylation is 1. The number of halogens is 3. The highest BCUT2D eigenvalue weighted by atomic mass is 79.9. The van der Waals surface area contributed by atoms with Gasteiger partial charge in [0.1, 0.15) is 25.5 Å². The summed E-state index contributed by atoms with van der Waals surface area (Å²) in [6.07, 6.45) is 6.00. The topological polar surface area (TPSA) is 55.3 Å². The summed E-state index contributed by atoms with van der Waals surface area (Å²) >= 11 is 0. The zero-order chi connectivity index (χ0) is 22.5. The fourth-order valence-corrected chi connectivity index (χ4v) is 4.43. The van der Waals surface area contributed by atoms with E-state index in [1.165, 1.54) is 0 Å². The lowest BCUT2D eigenvalue weighted by atomic mass is 9.72. The van der Waals surface area contributed by atoms with Gasteiger partial charge in [-0.2, -0.15) is 0 Å². The number of hydrogen-bond donors (Lipinski definition) is 1. The summed E-state index contributed by atoms with van der Waals surface area (Å²) in [5.41, 5.74) is -1.78. The smallest absolute Gasteiger partial charge is 0.343 e. The second kappa shape index (κ2) is 11.4. The molecule has 8 heteroatoms. The molecule has 0 aliphatic heterocycles. The predicted octanol–water partition coefficient (Wildman–Crippen LogP) is 1.14. The van der Waals surface area contributed by atoms with Gasteiger partial charge in [-0.25, -0.2) is 22.7 Å². The van der Waals surface area contributed by atoms with Crippen LogP contribution in [0.25, 0.3) is 0 Å². The summed E-state index contributed by atoms with van der Waals surface area (Å²) in [4.78, 5) is 13.1. The van der Waals surface area contributed by atoms with Crippen molar-refractivity contribution in [1.29, 1.82) is 0 Å². The number of aliphatic hydroxyl groups is 1. The van der Waals surface area contributed by atoms with Crippen LogP contribution in [-0.4, -0.2) is 28.2 Å². The Morgan fingerprint density at radius 1 is 1.34 bits per heavy atom. The van der Waals surface area contributed by atoms with Crippen LogP contribution in [0.5, 0.6) is 0 Å². The van der Waals surface area contributed by atoms with Gasteiger partial charge in [-0.15, -0.1) is 0 Å². The summed E-state index contributed by atoms with van der Waals surface area (Å²) < 4.78 is 37.8. The number of nitrogens with zero attached hydrogens (tertiary/aromatic N) is 2.